The van der Waals surface area contributed by atoms with E-state index in [1.807, 2.05) is 13.8 Å². The number of thiazole rings is 1. The van der Waals surface area contributed by atoms with Gasteiger partial charge in [-0.2, -0.15) is 13.2 Å². The third kappa shape index (κ3) is 10.8. The SMILES string of the molecule is COC(=O)[C@@H](C)C[C@H](Cc1ncc(C(F)(F)F)cn1)NC(=O)c1csc([C@@H](CC(C(C)C)N(C)C(=O)CC2CC2)OC(C)=O)n1. The van der Waals surface area contributed by atoms with Crippen molar-refractivity contribution in [2.24, 2.45) is 17.8 Å². The minimum Gasteiger partial charge on any atom is -0.469 e. The number of ether oxygens (including phenoxy) is 2. The first-order chi connectivity index (χ1) is 21.1. The van der Waals surface area contributed by atoms with E-state index in [1.54, 1.807) is 18.9 Å². The first-order valence-electron chi connectivity index (χ1n) is 14.7. The van der Waals surface area contributed by atoms with E-state index in [4.69, 9.17) is 9.47 Å². The van der Waals surface area contributed by atoms with Gasteiger partial charge in [-0.15, -0.1) is 11.3 Å². The molecule has 1 fully saturated rings. The van der Waals surface area contributed by atoms with Gasteiger partial charge in [0.2, 0.25) is 5.91 Å². The summed E-state index contributed by atoms with van der Waals surface area (Å²) in [7, 11) is 2.98. The minimum absolute atomic E-state index is 0.0236. The van der Waals surface area contributed by atoms with Crippen LogP contribution in [0.25, 0.3) is 0 Å². The van der Waals surface area contributed by atoms with Crippen molar-refractivity contribution in [2.75, 3.05) is 14.2 Å². The number of carbonyl (C=O) groups excluding carboxylic acids is 4. The van der Waals surface area contributed by atoms with Gasteiger partial charge in [0.1, 0.15) is 16.5 Å². The average Bonchev–Trinajstić information content (AvgIpc) is 3.64. The molecule has 2 amide bonds. The van der Waals surface area contributed by atoms with E-state index in [1.165, 1.54) is 19.4 Å². The molecule has 0 bridgehead atoms. The van der Waals surface area contributed by atoms with Crippen LogP contribution in [0.15, 0.2) is 17.8 Å². The second-order valence-corrected chi connectivity index (χ2v) is 12.7. The van der Waals surface area contributed by atoms with Crippen LogP contribution < -0.4 is 5.32 Å². The van der Waals surface area contributed by atoms with Crippen LogP contribution in [-0.2, 0) is 36.5 Å². The van der Waals surface area contributed by atoms with Gasteiger partial charge in [-0.05, 0) is 31.1 Å². The van der Waals surface area contributed by atoms with E-state index >= 15 is 0 Å². The zero-order valence-electron chi connectivity index (χ0n) is 26.2. The van der Waals surface area contributed by atoms with Crippen molar-refractivity contribution < 1.29 is 41.8 Å². The number of amides is 2. The van der Waals surface area contributed by atoms with Crippen LogP contribution in [0.2, 0.25) is 0 Å². The van der Waals surface area contributed by atoms with Crippen molar-refractivity contribution in [3.05, 3.63) is 39.9 Å². The molecule has 3 rings (SSSR count). The normalized spacial score (nSPS) is 16.0. The summed E-state index contributed by atoms with van der Waals surface area (Å²) in [5, 5.41) is 4.65. The van der Waals surface area contributed by atoms with Gasteiger partial charge in [-0.25, -0.2) is 15.0 Å². The molecule has 1 aliphatic carbocycles. The fourth-order valence-corrected chi connectivity index (χ4v) is 5.78. The van der Waals surface area contributed by atoms with Crippen LogP contribution in [0.4, 0.5) is 13.2 Å². The van der Waals surface area contributed by atoms with Gasteiger partial charge in [0.25, 0.3) is 5.91 Å². The zero-order valence-corrected chi connectivity index (χ0v) is 27.0. The molecule has 1 N–H and O–H groups in total. The summed E-state index contributed by atoms with van der Waals surface area (Å²) in [5.74, 6) is -1.79. The Kier molecular flexibility index (Phi) is 12.4. The lowest BCUT2D eigenvalue weighted by Gasteiger charge is -2.33. The summed E-state index contributed by atoms with van der Waals surface area (Å²) in [6, 6.07) is -1.01. The summed E-state index contributed by atoms with van der Waals surface area (Å²) < 4.78 is 49.3. The third-order valence-corrected chi connectivity index (χ3v) is 8.59. The molecule has 248 valence electrons. The lowest BCUT2D eigenvalue weighted by atomic mass is 9.96. The van der Waals surface area contributed by atoms with Gasteiger partial charge in [-0.1, -0.05) is 20.8 Å². The lowest BCUT2D eigenvalue weighted by molar-refractivity contribution is -0.148. The van der Waals surface area contributed by atoms with Crippen molar-refractivity contribution in [1.29, 1.82) is 0 Å². The van der Waals surface area contributed by atoms with E-state index < -0.39 is 47.6 Å². The Morgan fingerprint density at radius 1 is 1.11 bits per heavy atom. The Morgan fingerprint density at radius 3 is 2.29 bits per heavy atom. The maximum Gasteiger partial charge on any atom is 0.419 e. The lowest BCUT2D eigenvalue weighted by Crippen LogP contribution is -2.42. The van der Waals surface area contributed by atoms with E-state index in [0.717, 1.165) is 24.2 Å². The highest BCUT2D eigenvalue weighted by Crippen LogP contribution is 2.35. The van der Waals surface area contributed by atoms with Gasteiger partial charge in [0.05, 0.1) is 18.6 Å². The summed E-state index contributed by atoms with van der Waals surface area (Å²) in [6.45, 7) is 6.83. The van der Waals surface area contributed by atoms with Crippen LogP contribution in [0.5, 0.6) is 0 Å². The molecule has 1 aliphatic rings. The summed E-state index contributed by atoms with van der Waals surface area (Å²) in [5.41, 5.74) is -0.985. The van der Waals surface area contributed by atoms with Gasteiger partial charge in [-0.3, -0.25) is 19.2 Å². The first-order valence-corrected chi connectivity index (χ1v) is 15.6. The molecule has 0 radical (unpaired) electrons. The molecular weight excluding hydrogens is 615 g/mol. The number of aromatic nitrogens is 3. The van der Waals surface area contributed by atoms with E-state index in [9.17, 15) is 32.3 Å². The van der Waals surface area contributed by atoms with Crippen molar-refractivity contribution >= 4 is 35.1 Å². The molecule has 4 atom stereocenters. The number of methoxy groups -OCH3 is 1. The van der Waals surface area contributed by atoms with Crippen molar-refractivity contribution in [3.8, 4) is 0 Å². The second kappa shape index (κ2) is 15.6. The number of nitrogens with zero attached hydrogens (tertiary/aromatic N) is 4. The molecule has 0 aliphatic heterocycles. The van der Waals surface area contributed by atoms with Crippen LogP contribution in [0.3, 0.4) is 0 Å². The molecule has 45 heavy (non-hydrogen) atoms. The molecule has 11 nitrogen and oxygen atoms in total. The predicted molar refractivity (Wildman–Crippen MR) is 158 cm³/mol. The van der Waals surface area contributed by atoms with Gasteiger partial charge in [0, 0.05) is 63.1 Å². The fourth-order valence-electron chi connectivity index (χ4n) is 4.94. The number of hydrogen-bond donors (Lipinski definition) is 1. The van der Waals surface area contributed by atoms with Gasteiger partial charge in [0.15, 0.2) is 6.10 Å². The fraction of sp³-hybridized carbons (Fsp3) is 0.633. The molecule has 2 aromatic heterocycles. The summed E-state index contributed by atoms with van der Waals surface area (Å²) in [6.07, 6.45) is -1.21. The number of rotatable bonds is 15. The van der Waals surface area contributed by atoms with Crippen LogP contribution >= 0.6 is 11.3 Å². The highest BCUT2D eigenvalue weighted by atomic mass is 32.1. The molecule has 1 saturated carbocycles. The first kappa shape index (κ1) is 35.9. The van der Waals surface area contributed by atoms with Crippen molar-refractivity contribution in [3.63, 3.8) is 0 Å². The maximum absolute atomic E-state index is 13.3. The second-order valence-electron chi connectivity index (χ2n) is 11.8. The Hall–Kier alpha value is -3.62. The van der Waals surface area contributed by atoms with Crippen LogP contribution in [0, 0.1) is 17.8 Å². The van der Waals surface area contributed by atoms with E-state index in [-0.39, 0.29) is 48.6 Å². The summed E-state index contributed by atoms with van der Waals surface area (Å²) >= 11 is 1.12. The monoisotopic (exact) mass is 655 g/mol. The Morgan fingerprint density at radius 2 is 1.76 bits per heavy atom. The third-order valence-electron chi connectivity index (χ3n) is 7.65. The Labute approximate surface area is 264 Å². The quantitative estimate of drug-likeness (QED) is 0.269. The molecular formula is C30H40F3N5O6S. The average molecular weight is 656 g/mol. The van der Waals surface area contributed by atoms with Crippen LogP contribution in [-0.4, -0.2) is 69.8 Å². The van der Waals surface area contributed by atoms with Crippen molar-refractivity contribution in [2.45, 2.75) is 90.6 Å². The molecule has 0 spiro atoms. The Balaban J connectivity index is 1.78. The number of carbonyl (C=O) groups is 4. The van der Waals surface area contributed by atoms with Gasteiger partial charge < -0.3 is 19.7 Å². The molecule has 0 aromatic carbocycles. The van der Waals surface area contributed by atoms with Crippen LogP contribution in [0.1, 0.15) is 92.8 Å². The number of hydrogen-bond acceptors (Lipinski definition) is 10. The van der Waals surface area contributed by atoms with Crippen molar-refractivity contribution in [1.82, 2.24) is 25.2 Å². The zero-order chi connectivity index (χ0) is 33.5. The number of nitrogens with one attached hydrogen (secondary N) is 1. The molecule has 1 unspecified atom stereocenters. The highest BCUT2D eigenvalue weighted by Gasteiger charge is 2.34. The number of esters is 2. The molecule has 2 heterocycles. The Bertz CT molecular complexity index is 1330. The molecule has 15 heteroatoms. The molecule has 0 saturated heterocycles. The van der Waals surface area contributed by atoms with E-state index in [0.29, 0.717) is 29.7 Å². The maximum atomic E-state index is 13.3. The smallest absolute Gasteiger partial charge is 0.419 e. The largest absolute Gasteiger partial charge is 0.469 e. The van der Waals surface area contributed by atoms with E-state index in [2.05, 4.69) is 20.3 Å². The van der Waals surface area contributed by atoms with Gasteiger partial charge >= 0.3 is 18.1 Å². The predicted octanol–water partition coefficient (Wildman–Crippen LogP) is 4.77. The summed E-state index contributed by atoms with van der Waals surface area (Å²) in [4.78, 5) is 64.0. The topological polar surface area (TPSA) is 141 Å². The molecule has 2 aromatic rings. The number of alkyl halides is 3. The standard InChI is InChI=1S/C30H40F3N5O6S/c1-16(2)23(38(5)26(40)10-19-7-8-19)12-24(44-18(4)39)28-37-22(15-45-28)27(41)36-21(9-17(3)29(42)43-6)11-25-34-13-20(14-35-25)30(31,32)33/h13-17,19,21,23-24H,7-12H2,1-6H3,(H,36,41)/t17-,21+,23?,24+/m0/s1. The number of halogens is 3. The highest BCUT2D eigenvalue weighted by molar-refractivity contribution is 7.09. The minimum atomic E-state index is -4.60.